The number of rotatable bonds is 0. The standard InChI is InChI=1S/C9H7/c1-3-9-6-4-8(2)5-7-9/h1,4-6H,2H3. The van der Waals surface area contributed by atoms with E-state index in [1.165, 1.54) is 5.56 Å². The van der Waals surface area contributed by atoms with Gasteiger partial charge in [-0.15, -0.1) is 6.42 Å². The van der Waals surface area contributed by atoms with Crippen LogP contribution < -0.4 is 0 Å². The summed E-state index contributed by atoms with van der Waals surface area (Å²) >= 11 is 0. The largest absolute Gasteiger partial charge is 0.115 e. The molecule has 9 heavy (non-hydrogen) atoms. The van der Waals surface area contributed by atoms with Crippen molar-refractivity contribution in [2.24, 2.45) is 0 Å². The summed E-state index contributed by atoms with van der Waals surface area (Å²) < 4.78 is 0. The molecule has 0 saturated carbocycles. The second-order valence-corrected chi connectivity index (χ2v) is 1.92. The molecule has 0 heteroatoms. The molecule has 1 rings (SSSR count). The van der Waals surface area contributed by atoms with Crippen molar-refractivity contribution in [2.45, 2.75) is 6.92 Å². The smallest absolute Gasteiger partial charge is 0.0321 e. The van der Waals surface area contributed by atoms with Gasteiger partial charge in [-0.3, -0.25) is 0 Å². The van der Waals surface area contributed by atoms with Crippen LogP contribution in [0.4, 0.5) is 0 Å². The van der Waals surface area contributed by atoms with Crippen LogP contribution in [0.5, 0.6) is 0 Å². The van der Waals surface area contributed by atoms with Crippen molar-refractivity contribution in [3.8, 4) is 12.3 Å². The third-order valence-electron chi connectivity index (χ3n) is 1.12. The molecular formula is C9H7. The molecule has 0 saturated heterocycles. The summed E-state index contributed by atoms with van der Waals surface area (Å²) in [6.45, 7) is 2.01. The first-order valence-electron chi connectivity index (χ1n) is 2.78. The zero-order valence-corrected chi connectivity index (χ0v) is 5.31. The Kier molecular flexibility index (Phi) is 1.55. The van der Waals surface area contributed by atoms with E-state index in [1.54, 1.807) is 0 Å². The quantitative estimate of drug-likeness (QED) is 0.452. The molecule has 0 bridgehead atoms. The Labute approximate surface area is 55.5 Å². The van der Waals surface area contributed by atoms with Crippen molar-refractivity contribution in [1.29, 1.82) is 0 Å². The summed E-state index contributed by atoms with van der Waals surface area (Å²) in [7, 11) is 0. The highest BCUT2D eigenvalue weighted by Crippen LogP contribution is 1.98. The van der Waals surface area contributed by atoms with Gasteiger partial charge in [0.05, 0.1) is 0 Å². The first-order valence-corrected chi connectivity index (χ1v) is 2.78. The predicted molar refractivity (Wildman–Crippen MR) is 38.0 cm³/mol. The highest BCUT2D eigenvalue weighted by atomic mass is 13.9. The molecule has 1 aromatic rings. The monoisotopic (exact) mass is 115 g/mol. The summed E-state index contributed by atoms with van der Waals surface area (Å²) in [6, 6.07) is 8.70. The molecule has 0 unspecified atom stereocenters. The number of benzene rings is 1. The summed E-state index contributed by atoms with van der Waals surface area (Å²) in [5.41, 5.74) is 2.01. The maximum atomic E-state index is 5.12. The fourth-order valence-electron chi connectivity index (χ4n) is 0.592. The molecule has 0 N–H and O–H groups in total. The molecule has 0 heterocycles. The van der Waals surface area contributed by atoms with Gasteiger partial charge in [-0.1, -0.05) is 23.6 Å². The van der Waals surface area contributed by atoms with Crippen molar-refractivity contribution < 1.29 is 0 Å². The van der Waals surface area contributed by atoms with Crippen molar-refractivity contribution in [2.75, 3.05) is 0 Å². The molecule has 0 aliphatic rings. The Balaban J connectivity index is 3.06. The van der Waals surface area contributed by atoms with E-state index < -0.39 is 0 Å². The van der Waals surface area contributed by atoms with Crippen molar-refractivity contribution in [3.63, 3.8) is 0 Å². The minimum atomic E-state index is 0.820. The second-order valence-electron chi connectivity index (χ2n) is 1.92. The van der Waals surface area contributed by atoms with Crippen LogP contribution in [-0.4, -0.2) is 0 Å². The molecule has 0 aromatic heterocycles. The highest BCUT2D eigenvalue weighted by molar-refractivity contribution is 5.32. The Morgan fingerprint density at radius 3 is 2.78 bits per heavy atom. The van der Waals surface area contributed by atoms with Crippen molar-refractivity contribution in [3.05, 3.63) is 35.4 Å². The Morgan fingerprint density at radius 1 is 1.56 bits per heavy atom. The first kappa shape index (κ1) is 5.91. The van der Waals surface area contributed by atoms with Gasteiger partial charge < -0.3 is 0 Å². The van der Waals surface area contributed by atoms with Crippen molar-refractivity contribution in [1.82, 2.24) is 0 Å². The molecular weight excluding hydrogens is 108 g/mol. The van der Waals surface area contributed by atoms with Gasteiger partial charge in [0.15, 0.2) is 0 Å². The van der Waals surface area contributed by atoms with E-state index in [-0.39, 0.29) is 0 Å². The summed E-state index contributed by atoms with van der Waals surface area (Å²) in [4.78, 5) is 0. The molecule has 0 aliphatic carbocycles. The molecule has 0 fully saturated rings. The third-order valence-corrected chi connectivity index (χ3v) is 1.12. The lowest BCUT2D eigenvalue weighted by Gasteiger charge is -1.88. The van der Waals surface area contributed by atoms with Crippen LogP contribution in [0.1, 0.15) is 11.1 Å². The van der Waals surface area contributed by atoms with Gasteiger partial charge >= 0.3 is 0 Å². The minimum absolute atomic E-state index is 0.820. The van der Waals surface area contributed by atoms with Gasteiger partial charge in [0.2, 0.25) is 0 Å². The van der Waals surface area contributed by atoms with Gasteiger partial charge in [0, 0.05) is 5.56 Å². The zero-order valence-electron chi connectivity index (χ0n) is 5.31. The number of hydrogen-bond acceptors (Lipinski definition) is 0. The fourth-order valence-corrected chi connectivity index (χ4v) is 0.592. The summed E-state index contributed by atoms with van der Waals surface area (Å²) in [5, 5.41) is 0. The van der Waals surface area contributed by atoms with E-state index in [0.29, 0.717) is 0 Å². The molecule has 0 amide bonds. The molecule has 0 spiro atoms. The second kappa shape index (κ2) is 2.37. The SMILES string of the molecule is C#Cc1[c]cc(C)cc1. The Morgan fingerprint density at radius 2 is 2.33 bits per heavy atom. The molecule has 0 aliphatic heterocycles. The number of aryl methyl sites for hydroxylation is 1. The van der Waals surface area contributed by atoms with Crippen LogP contribution in [0.3, 0.4) is 0 Å². The Bertz CT molecular complexity index is 223. The van der Waals surface area contributed by atoms with Gasteiger partial charge in [-0.05, 0) is 19.1 Å². The summed E-state index contributed by atoms with van der Waals surface area (Å²) in [6.07, 6.45) is 5.12. The molecule has 0 atom stereocenters. The predicted octanol–water partition coefficient (Wildman–Crippen LogP) is 1.78. The minimum Gasteiger partial charge on any atom is -0.115 e. The maximum absolute atomic E-state index is 5.12. The van der Waals surface area contributed by atoms with E-state index in [1.807, 2.05) is 25.1 Å². The van der Waals surface area contributed by atoms with Crippen LogP contribution in [0.2, 0.25) is 0 Å². The molecule has 1 aromatic carbocycles. The van der Waals surface area contributed by atoms with Crippen LogP contribution in [-0.2, 0) is 0 Å². The van der Waals surface area contributed by atoms with E-state index in [4.69, 9.17) is 6.42 Å². The molecule has 43 valence electrons. The fraction of sp³-hybridized carbons (Fsp3) is 0.111. The maximum Gasteiger partial charge on any atom is 0.0321 e. The number of hydrogen-bond donors (Lipinski definition) is 0. The zero-order chi connectivity index (χ0) is 6.69. The first-order chi connectivity index (χ1) is 4.33. The van der Waals surface area contributed by atoms with Gasteiger partial charge in [-0.2, -0.15) is 0 Å². The molecule has 0 nitrogen and oxygen atoms in total. The van der Waals surface area contributed by atoms with Crippen LogP contribution >= 0.6 is 0 Å². The highest BCUT2D eigenvalue weighted by Gasteiger charge is 1.83. The van der Waals surface area contributed by atoms with E-state index in [9.17, 15) is 0 Å². The summed E-state index contributed by atoms with van der Waals surface area (Å²) in [5.74, 6) is 2.50. The van der Waals surface area contributed by atoms with Gasteiger partial charge in [-0.25, -0.2) is 0 Å². The topological polar surface area (TPSA) is 0 Å². The van der Waals surface area contributed by atoms with E-state index in [2.05, 4.69) is 12.0 Å². The lowest BCUT2D eigenvalue weighted by atomic mass is 10.2. The van der Waals surface area contributed by atoms with E-state index in [0.717, 1.165) is 5.56 Å². The van der Waals surface area contributed by atoms with Gasteiger partial charge in [0.25, 0.3) is 0 Å². The number of terminal acetylenes is 1. The van der Waals surface area contributed by atoms with Crippen LogP contribution in [0.25, 0.3) is 0 Å². The lowest BCUT2D eigenvalue weighted by molar-refractivity contribution is 1.45. The third kappa shape index (κ3) is 1.33. The van der Waals surface area contributed by atoms with Crippen LogP contribution in [0, 0.1) is 25.3 Å². The average Bonchev–Trinajstić information content (AvgIpc) is 1.90. The van der Waals surface area contributed by atoms with Crippen LogP contribution in [0.15, 0.2) is 18.2 Å². The normalized spacial score (nSPS) is 8.44. The van der Waals surface area contributed by atoms with Gasteiger partial charge in [0.1, 0.15) is 0 Å². The van der Waals surface area contributed by atoms with Crippen molar-refractivity contribution >= 4 is 0 Å². The Hall–Kier alpha value is -1.22. The average molecular weight is 115 g/mol. The lowest BCUT2D eigenvalue weighted by Crippen LogP contribution is -1.73. The van der Waals surface area contributed by atoms with E-state index >= 15 is 0 Å². The molecule has 1 radical (unpaired) electrons.